The van der Waals surface area contributed by atoms with E-state index in [0.29, 0.717) is 5.41 Å². The van der Waals surface area contributed by atoms with Crippen molar-refractivity contribution in [1.29, 1.82) is 0 Å². The Kier molecular flexibility index (Phi) is 2.41. The molecule has 1 rings (SSSR count). The van der Waals surface area contributed by atoms with Crippen LogP contribution in [0.3, 0.4) is 0 Å². The van der Waals surface area contributed by atoms with Gasteiger partial charge in [-0.2, -0.15) is 0 Å². The quantitative estimate of drug-likeness (QED) is 0.528. The SMILES string of the molecule is C=C(C)CC1CCC(C)(C)C1. The van der Waals surface area contributed by atoms with Crippen LogP contribution < -0.4 is 0 Å². The molecule has 0 aromatic heterocycles. The molecule has 0 saturated heterocycles. The average molecular weight is 152 g/mol. The second kappa shape index (κ2) is 3.00. The molecule has 0 nitrogen and oxygen atoms in total. The molecule has 1 aliphatic carbocycles. The third-order valence-electron chi connectivity index (χ3n) is 2.71. The Labute approximate surface area is 70.7 Å². The van der Waals surface area contributed by atoms with Gasteiger partial charge in [-0.25, -0.2) is 0 Å². The zero-order chi connectivity index (χ0) is 8.48. The highest BCUT2D eigenvalue weighted by atomic mass is 14.4. The van der Waals surface area contributed by atoms with Crippen molar-refractivity contribution in [3.05, 3.63) is 12.2 Å². The monoisotopic (exact) mass is 152 g/mol. The van der Waals surface area contributed by atoms with E-state index < -0.39 is 0 Å². The normalized spacial score (nSPS) is 28.8. The van der Waals surface area contributed by atoms with Crippen molar-refractivity contribution in [2.75, 3.05) is 0 Å². The van der Waals surface area contributed by atoms with Crippen LogP contribution in [-0.4, -0.2) is 0 Å². The first-order chi connectivity index (χ1) is 4.99. The zero-order valence-electron chi connectivity index (χ0n) is 8.11. The minimum atomic E-state index is 0.611. The van der Waals surface area contributed by atoms with E-state index in [2.05, 4.69) is 27.4 Å². The summed E-state index contributed by atoms with van der Waals surface area (Å²) >= 11 is 0. The number of hydrogen-bond donors (Lipinski definition) is 0. The lowest BCUT2D eigenvalue weighted by molar-refractivity contribution is 0.360. The summed E-state index contributed by atoms with van der Waals surface area (Å²) in [7, 11) is 0. The van der Waals surface area contributed by atoms with E-state index in [9.17, 15) is 0 Å². The number of hydrogen-bond acceptors (Lipinski definition) is 0. The topological polar surface area (TPSA) is 0 Å². The van der Waals surface area contributed by atoms with E-state index in [1.54, 1.807) is 0 Å². The van der Waals surface area contributed by atoms with Gasteiger partial charge < -0.3 is 0 Å². The van der Waals surface area contributed by atoms with Crippen LogP contribution in [0.2, 0.25) is 0 Å². The molecule has 1 atom stereocenters. The summed E-state index contributed by atoms with van der Waals surface area (Å²) in [6.07, 6.45) is 5.48. The lowest BCUT2D eigenvalue weighted by atomic mass is 9.89. The van der Waals surface area contributed by atoms with Gasteiger partial charge in [-0.05, 0) is 43.9 Å². The summed E-state index contributed by atoms with van der Waals surface area (Å²) in [6, 6.07) is 0. The Morgan fingerprint density at radius 3 is 2.55 bits per heavy atom. The molecule has 0 amide bonds. The Hall–Kier alpha value is -0.260. The van der Waals surface area contributed by atoms with Crippen molar-refractivity contribution in [2.24, 2.45) is 11.3 Å². The highest BCUT2D eigenvalue weighted by Crippen LogP contribution is 2.42. The first-order valence-corrected chi connectivity index (χ1v) is 4.64. The van der Waals surface area contributed by atoms with E-state index in [1.165, 1.54) is 31.3 Å². The van der Waals surface area contributed by atoms with Crippen molar-refractivity contribution in [2.45, 2.75) is 46.5 Å². The van der Waals surface area contributed by atoms with Crippen molar-refractivity contribution < 1.29 is 0 Å². The van der Waals surface area contributed by atoms with Crippen LogP contribution in [0.25, 0.3) is 0 Å². The van der Waals surface area contributed by atoms with Crippen molar-refractivity contribution in [1.82, 2.24) is 0 Å². The predicted molar refractivity (Wildman–Crippen MR) is 50.6 cm³/mol. The molecule has 64 valence electrons. The van der Waals surface area contributed by atoms with Gasteiger partial charge in [0, 0.05) is 0 Å². The van der Waals surface area contributed by atoms with E-state index in [4.69, 9.17) is 0 Å². The van der Waals surface area contributed by atoms with Crippen LogP contribution >= 0.6 is 0 Å². The van der Waals surface area contributed by atoms with Gasteiger partial charge in [0.25, 0.3) is 0 Å². The molecule has 0 aromatic rings. The summed E-state index contributed by atoms with van der Waals surface area (Å²) in [5, 5.41) is 0. The standard InChI is InChI=1S/C11H20/c1-9(2)7-10-5-6-11(3,4)8-10/h10H,1,5-8H2,2-4H3. The molecule has 0 radical (unpaired) electrons. The van der Waals surface area contributed by atoms with Gasteiger partial charge in [0.2, 0.25) is 0 Å². The second-order valence-corrected chi connectivity index (χ2v) is 4.93. The van der Waals surface area contributed by atoms with Crippen molar-refractivity contribution in [3.63, 3.8) is 0 Å². The highest BCUT2D eigenvalue weighted by Gasteiger charge is 2.30. The highest BCUT2D eigenvalue weighted by molar-refractivity contribution is 4.94. The molecule has 0 heteroatoms. The maximum atomic E-state index is 3.97. The molecular weight excluding hydrogens is 132 g/mol. The first-order valence-electron chi connectivity index (χ1n) is 4.64. The van der Waals surface area contributed by atoms with Gasteiger partial charge in [-0.3, -0.25) is 0 Å². The second-order valence-electron chi connectivity index (χ2n) is 4.93. The van der Waals surface area contributed by atoms with Crippen LogP contribution in [0.1, 0.15) is 46.5 Å². The summed E-state index contributed by atoms with van der Waals surface area (Å²) in [6.45, 7) is 10.9. The third-order valence-corrected chi connectivity index (χ3v) is 2.71. The first kappa shape index (κ1) is 8.83. The number of allylic oxidation sites excluding steroid dienone is 1. The minimum Gasteiger partial charge on any atom is -0.100 e. The lowest BCUT2D eigenvalue weighted by Crippen LogP contribution is -2.05. The van der Waals surface area contributed by atoms with E-state index in [1.807, 2.05) is 0 Å². The molecule has 0 bridgehead atoms. The van der Waals surface area contributed by atoms with Gasteiger partial charge in [0.1, 0.15) is 0 Å². The number of rotatable bonds is 2. The molecular formula is C11H20. The van der Waals surface area contributed by atoms with Crippen LogP contribution in [0.4, 0.5) is 0 Å². The molecule has 0 heterocycles. The fourth-order valence-electron chi connectivity index (χ4n) is 2.25. The van der Waals surface area contributed by atoms with Crippen molar-refractivity contribution >= 4 is 0 Å². The maximum Gasteiger partial charge on any atom is -0.0297 e. The van der Waals surface area contributed by atoms with Crippen LogP contribution in [0.5, 0.6) is 0 Å². The Bertz CT molecular complexity index is 153. The summed E-state index contributed by atoms with van der Waals surface area (Å²) < 4.78 is 0. The van der Waals surface area contributed by atoms with Gasteiger partial charge in [-0.15, -0.1) is 6.58 Å². The molecule has 1 saturated carbocycles. The third kappa shape index (κ3) is 2.69. The van der Waals surface area contributed by atoms with Crippen LogP contribution in [0.15, 0.2) is 12.2 Å². The largest absolute Gasteiger partial charge is 0.100 e. The molecule has 1 aliphatic rings. The van der Waals surface area contributed by atoms with Gasteiger partial charge in [0.05, 0.1) is 0 Å². The smallest absolute Gasteiger partial charge is 0.0297 e. The molecule has 1 unspecified atom stereocenters. The summed E-state index contributed by atoms with van der Waals surface area (Å²) in [5.74, 6) is 0.933. The van der Waals surface area contributed by atoms with Gasteiger partial charge >= 0.3 is 0 Å². The Balaban J connectivity index is 2.36. The lowest BCUT2D eigenvalue weighted by Gasteiger charge is -2.16. The minimum absolute atomic E-state index is 0.611. The van der Waals surface area contributed by atoms with E-state index in [0.717, 1.165) is 5.92 Å². The molecule has 1 fully saturated rings. The summed E-state index contributed by atoms with van der Waals surface area (Å²) in [4.78, 5) is 0. The molecule has 0 N–H and O–H groups in total. The van der Waals surface area contributed by atoms with E-state index >= 15 is 0 Å². The fourth-order valence-corrected chi connectivity index (χ4v) is 2.25. The zero-order valence-corrected chi connectivity index (χ0v) is 8.11. The van der Waals surface area contributed by atoms with Crippen molar-refractivity contribution in [3.8, 4) is 0 Å². The predicted octanol–water partition coefficient (Wildman–Crippen LogP) is 3.78. The fraction of sp³-hybridized carbons (Fsp3) is 0.818. The van der Waals surface area contributed by atoms with E-state index in [-0.39, 0.29) is 0 Å². The van der Waals surface area contributed by atoms with Gasteiger partial charge in [0.15, 0.2) is 0 Å². The van der Waals surface area contributed by atoms with Crippen LogP contribution in [-0.2, 0) is 0 Å². The molecule has 11 heavy (non-hydrogen) atoms. The molecule has 0 aliphatic heterocycles. The van der Waals surface area contributed by atoms with Crippen LogP contribution in [0, 0.1) is 11.3 Å². The molecule has 0 spiro atoms. The van der Waals surface area contributed by atoms with Gasteiger partial charge in [-0.1, -0.05) is 19.4 Å². The Morgan fingerprint density at radius 1 is 1.55 bits per heavy atom. The Morgan fingerprint density at radius 2 is 2.18 bits per heavy atom. The summed E-state index contributed by atoms with van der Waals surface area (Å²) in [5.41, 5.74) is 1.97. The molecule has 0 aromatic carbocycles. The average Bonchev–Trinajstić information content (AvgIpc) is 2.08. The maximum absolute atomic E-state index is 3.97.